The minimum absolute atomic E-state index is 0.233. The van der Waals surface area contributed by atoms with Gasteiger partial charge in [0.25, 0.3) is 5.56 Å². The summed E-state index contributed by atoms with van der Waals surface area (Å²) in [4.78, 5) is 15.3. The van der Waals surface area contributed by atoms with Crippen LogP contribution in [0.15, 0.2) is 70.6 Å². The Kier molecular flexibility index (Phi) is 4.07. The lowest BCUT2D eigenvalue weighted by Gasteiger charge is -2.01. The lowest BCUT2D eigenvalue weighted by molar-refractivity contribution is 0.800. The van der Waals surface area contributed by atoms with Gasteiger partial charge in [-0.3, -0.25) is 4.79 Å². The minimum atomic E-state index is -0.233. The zero-order chi connectivity index (χ0) is 15.4. The van der Waals surface area contributed by atoms with E-state index in [1.165, 1.54) is 4.68 Å². The summed E-state index contributed by atoms with van der Waals surface area (Å²) in [6.07, 6.45) is 5.22. The molecule has 3 aromatic rings. The van der Waals surface area contributed by atoms with Gasteiger partial charge in [-0.1, -0.05) is 48.5 Å². The molecule has 0 unspecified atom stereocenters. The molecule has 0 spiro atoms. The zero-order valence-corrected chi connectivity index (χ0v) is 12.5. The quantitative estimate of drug-likeness (QED) is 0.593. The molecule has 0 radical (unpaired) electrons. The Balaban J connectivity index is 1.94. The highest BCUT2D eigenvalue weighted by Crippen LogP contribution is 2.05. The highest BCUT2D eigenvalue weighted by atomic mass is 32.1. The van der Waals surface area contributed by atoms with Crippen molar-refractivity contribution in [1.82, 2.24) is 9.66 Å². The maximum Gasteiger partial charge on any atom is 0.282 e. The third-order valence-corrected chi connectivity index (χ3v) is 3.42. The van der Waals surface area contributed by atoms with Crippen molar-refractivity contribution in [3.8, 4) is 0 Å². The highest BCUT2D eigenvalue weighted by molar-refractivity contribution is 7.71. The molecule has 0 saturated carbocycles. The SMILES string of the molecule is O=c1c2ccccc2[nH]c(=S)n1/N=C\C=C\c1ccccc1. The summed E-state index contributed by atoms with van der Waals surface area (Å²) in [5.74, 6) is 0. The number of aromatic amines is 1. The molecule has 22 heavy (non-hydrogen) atoms. The molecule has 0 bridgehead atoms. The van der Waals surface area contributed by atoms with Crippen molar-refractivity contribution in [3.63, 3.8) is 0 Å². The van der Waals surface area contributed by atoms with Crippen molar-refractivity contribution in [1.29, 1.82) is 0 Å². The maximum atomic E-state index is 12.4. The summed E-state index contributed by atoms with van der Waals surface area (Å²) in [5, 5.41) is 4.68. The van der Waals surface area contributed by atoms with Crippen LogP contribution in [0.25, 0.3) is 17.0 Å². The van der Waals surface area contributed by atoms with Crippen molar-refractivity contribution in [2.45, 2.75) is 0 Å². The van der Waals surface area contributed by atoms with Crippen LogP contribution < -0.4 is 5.56 Å². The molecule has 1 aromatic heterocycles. The number of allylic oxidation sites excluding steroid dienone is 1. The molecule has 2 aromatic carbocycles. The Morgan fingerprint density at radius 3 is 2.59 bits per heavy atom. The Hall–Kier alpha value is -2.79. The van der Waals surface area contributed by atoms with E-state index in [-0.39, 0.29) is 10.3 Å². The number of fused-ring (bicyclic) bond motifs is 1. The van der Waals surface area contributed by atoms with Gasteiger partial charge in [0.2, 0.25) is 4.77 Å². The number of hydrogen-bond acceptors (Lipinski definition) is 3. The fraction of sp³-hybridized carbons (Fsp3) is 0. The van der Waals surface area contributed by atoms with Crippen molar-refractivity contribution in [3.05, 3.63) is 81.4 Å². The first-order chi connectivity index (χ1) is 10.8. The van der Waals surface area contributed by atoms with Crippen molar-refractivity contribution >= 4 is 35.4 Å². The average molecular weight is 307 g/mol. The second-order valence-corrected chi connectivity index (χ2v) is 5.01. The maximum absolute atomic E-state index is 12.4. The summed E-state index contributed by atoms with van der Waals surface area (Å²) < 4.78 is 1.46. The molecule has 108 valence electrons. The molecule has 0 fully saturated rings. The van der Waals surface area contributed by atoms with Gasteiger partial charge < -0.3 is 4.98 Å². The van der Waals surface area contributed by atoms with E-state index in [4.69, 9.17) is 12.2 Å². The number of H-pyrrole nitrogens is 1. The van der Waals surface area contributed by atoms with Crippen LogP contribution >= 0.6 is 12.2 Å². The normalized spacial score (nSPS) is 11.6. The van der Waals surface area contributed by atoms with Gasteiger partial charge in [0.15, 0.2) is 0 Å². The molecule has 0 atom stereocenters. The van der Waals surface area contributed by atoms with E-state index in [9.17, 15) is 4.79 Å². The van der Waals surface area contributed by atoms with Gasteiger partial charge in [-0.15, -0.1) is 0 Å². The molecule has 0 saturated heterocycles. The third kappa shape index (κ3) is 2.94. The third-order valence-electron chi connectivity index (χ3n) is 3.14. The molecule has 1 N–H and O–H groups in total. The first kappa shape index (κ1) is 14.2. The van der Waals surface area contributed by atoms with E-state index >= 15 is 0 Å². The second kappa shape index (κ2) is 6.32. The first-order valence-corrected chi connectivity index (χ1v) is 7.17. The number of benzene rings is 2. The van der Waals surface area contributed by atoms with Crippen LogP contribution in [0, 0.1) is 4.77 Å². The molecular formula is C17H13N3OS. The van der Waals surface area contributed by atoms with Gasteiger partial charge in [0.1, 0.15) is 0 Å². The van der Waals surface area contributed by atoms with Crippen molar-refractivity contribution < 1.29 is 0 Å². The van der Waals surface area contributed by atoms with Crippen molar-refractivity contribution in [2.75, 3.05) is 0 Å². The van der Waals surface area contributed by atoms with Gasteiger partial charge >= 0.3 is 0 Å². The van der Waals surface area contributed by atoms with E-state index in [0.29, 0.717) is 10.9 Å². The Morgan fingerprint density at radius 2 is 1.77 bits per heavy atom. The van der Waals surface area contributed by atoms with Crippen LogP contribution in [0.1, 0.15) is 5.56 Å². The Bertz CT molecular complexity index is 968. The van der Waals surface area contributed by atoms with E-state index in [1.54, 1.807) is 18.4 Å². The van der Waals surface area contributed by atoms with Crippen LogP contribution in [-0.4, -0.2) is 15.9 Å². The molecule has 0 amide bonds. The summed E-state index contributed by atoms with van der Waals surface area (Å²) in [5.41, 5.74) is 1.54. The minimum Gasteiger partial charge on any atom is -0.330 e. The smallest absolute Gasteiger partial charge is 0.282 e. The van der Waals surface area contributed by atoms with E-state index in [0.717, 1.165) is 5.56 Å². The van der Waals surface area contributed by atoms with Gasteiger partial charge in [0.05, 0.1) is 10.9 Å². The van der Waals surface area contributed by atoms with Crippen molar-refractivity contribution in [2.24, 2.45) is 5.10 Å². The van der Waals surface area contributed by atoms with Gasteiger partial charge in [-0.05, 0) is 36.0 Å². The van der Waals surface area contributed by atoms with Gasteiger partial charge in [-0.25, -0.2) is 0 Å². The molecule has 0 aliphatic heterocycles. The number of para-hydroxylation sites is 1. The number of rotatable bonds is 3. The fourth-order valence-electron chi connectivity index (χ4n) is 2.08. The Labute approximate surface area is 132 Å². The lowest BCUT2D eigenvalue weighted by Crippen LogP contribution is -2.18. The van der Waals surface area contributed by atoms with E-state index in [1.807, 2.05) is 54.6 Å². The van der Waals surface area contributed by atoms with E-state index < -0.39 is 0 Å². The Morgan fingerprint density at radius 1 is 1.05 bits per heavy atom. The number of nitrogens with zero attached hydrogens (tertiary/aromatic N) is 2. The predicted octanol–water partition coefficient (Wildman–Crippen LogP) is 3.61. The van der Waals surface area contributed by atoms with Gasteiger partial charge in [-0.2, -0.15) is 9.78 Å². The monoisotopic (exact) mass is 307 g/mol. The van der Waals surface area contributed by atoms with Crippen LogP contribution in [0.5, 0.6) is 0 Å². The standard InChI is InChI=1S/C17H13N3OS/c21-16-14-10-4-5-11-15(14)19-17(22)20(16)18-12-6-9-13-7-2-1-3-8-13/h1-12H,(H,19,22)/b9-6+,18-12-. The van der Waals surface area contributed by atoms with Crippen LogP contribution in [0.4, 0.5) is 0 Å². The summed E-state index contributed by atoms with van der Waals surface area (Å²) in [7, 11) is 0. The zero-order valence-electron chi connectivity index (χ0n) is 11.6. The molecule has 1 heterocycles. The average Bonchev–Trinajstić information content (AvgIpc) is 2.55. The first-order valence-electron chi connectivity index (χ1n) is 6.76. The van der Waals surface area contributed by atoms with E-state index in [2.05, 4.69) is 10.1 Å². The number of nitrogens with one attached hydrogen (secondary N) is 1. The molecule has 5 heteroatoms. The number of aromatic nitrogens is 2. The van der Waals surface area contributed by atoms with Gasteiger partial charge in [0, 0.05) is 6.21 Å². The fourth-order valence-corrected chi connectivity index (χ4v) is 2.32. The molecular weight excluding hydrogens is 294 g/mol. The van der Waals surface area contributed by atoms with Crippen LogP contribution in [0.2, 0.25) is 0 Å². The summed E-state index contributed by atoms with van der Waals surface area (Å²) in [6, 6.07) is 17.1. The summed E-state index contributed by atoms with van der Waals surface area (Å²) >= 11 is 5.18. The largest absolute Gasteiger partial charge is 0.330 e. The molecule has 4 nitrogen and oxygen atoms in total. The summed E-state index contributed by atoms with van der Waals surface area (Å²) in [6.45, 7) is 0. The molecule has 0 aliphatic carbocycles. The molecule has 3 rings (SSSR count). The predicted molar refractivity (Wildman–Crippen MR) is 92.8 cm³/mol. The second-order valence-electron chi connectivity index (χ2n) is 4.63. The molecule has 0 aliphatic rings. The number of hydrogen-bond donors (Lipinski definition) is 1. The lowest BCUT2D eigenvalue weighted by atomic mass is 10.2. The topological polar surface area (TPSA) is 50.1 Å². The van der Waals surface area contributed by atoms with Crippen LogP contribution in [-0.2, 0) is 0 Å². The highest BCUT2D eigenvalue weighted by Gasteiger charge is 2.02. The van der Waals surface area contributed by atoms with Crippen LogP contribution in [0.3, 0.4) is 0 Å².